The molecule has 0 radical (unpaired) electrons. The molecular weight excluding hydrogens is 542 g/mol. The third kappa shape index (κ3) is 5.40. The van der Waals surface area contributed by atoms with Crippen molar-refractivity contribution in [1.29, 1.82) is 0 Å². The molecule has 1 spiro atoms. The van der Waals surface area contributed by atoms with Gasteiger partial charge in [0.25, 0.3) is 0 Å². The van der Waals surface area contributed by atoms with Crippen LogP contribution in [-0.4, -0.2) is 73.5 Å². The minimum absolute atomic E-state index is 0.203. The molecule has 4 aromatic rings. The van der Waals surface area contributed by atoms with E-state index in [4.69, 9.17) is 20.3 Å². The Morgan fingerprint density at radius 1 is 0.930 bits per heavy atom. The number of para-hydroxylation sites is 1. The zero-order valence-corrected chi connectivity index (χ0v) is 25.1. The van der Waals surface area contributed by atoms with Crippen LogP contribution in [0.25, 0.3) is 22.3 Å². The molecule has 2 saturated heterocycles. The zero-order valence-electron chi connectivity index (χ0n) is 25.1. The molecule has 1 saturated carbocycles. The highest BCUT2D eigenvalue weighted by molar-refractivity contribution is 5.98. The molecule has 224 valence electrons. The molecule has 2 aliphatic heterocycles. The van der Waals surface area contributed by atoms with Crippen LogP contribution in [0.15, 0.2) is 60.9 Å². The number of fused-ring (bicyclic) bond motifs is 1. The zero-order chi connectivity index (χ0) is 29.8. The number of hydrogen-bond donors (Lipinski definition) is 1. The minimum Gasteiger partial charge on any atom is -0.457 e. The van der Waals surface area contributed by atoms with Gasteiger partial charge in [0.1, 0.15) is 34.9 Å². The first-order chi connectivity index (χ1) is 20.7. The monoisotopic (exact) mass is 581 g/mol. The Morgan fingerprint density at radius 2 is 1.60 bits per heavy atom. The van der Waals surface area contributed by atoms with Gasteiger partial charge in [0, 0.05) is 24.7 Å². The molecule has 2 N–H and O–H groups in total. The summed E-state index contributed by atoms with van der Waals surface area (Å²) in [6.45, 7) is 9.38. The SMILES string of the molecule is CC(C)(C)OC(=O)N1CC(N2CCC3(CC2)CC(n2nc(-c4ccc(Oc5ccccc5)cc4)c4c(N)ncnc42)C3)C1. The predicted molar refractivity (Wildman–Crippen MR) is 165 cm³/mol. The van der Waals surface area contributed by atoms with E-state index in [1.807, 2.05) is 80.3 Å². The summed E-state index contributed by atoms with van der Waals surface area (Å²) in [5.41, 5.74) is 8.81. The number of rotatable bonds is 5. The van der Waals surface area contributed by atoms with Gasteiger partial charge in [-0.1, -0.05) is 18.2 Å². The fraction of sp³-hybridized carbons (Fsp3) is 0.455. The summed E-state index contributed by atoms with van der Waals surface area (Å²) in [5, 5.41) is 5.88. The predicted octanol–water partition coefficient (Wildman–Crippen LogP) is 5.90. The van der Waals surface area contributed by atoms with E-state index in [1.165, 1.54) is 19.2 Å². The van der Waals surface area contributed by atoms with E-state index >= 15 is 0 Å². The standard InChI is InChI=1S/C33H39N7O3/c1-32(2,3)43-31(41)39-19-24(20-39)38-15-13-33(14-16-38)17-23(18-33)40-30-27(29(34)35-21-36-30)28(37-40)22-9-11-26(12-10-22)42-25-7-5-4-6-8-25/h4-12,21,23-24H,13-20H2,1-3H3,(H2,34,35,36). The van der Waals surface area contributed by atoms with Gasteiger partial charge < -0.3 is 20.1 Å². The molecule has 2 aromatic heterocycles. The Bertz CT molecular complexity index is 1610. The molecule has 43 heavy (non-hydrogen) atoms. The number of aromatic nitrogens is 4. The maximum absolute atomic E-state index is 12.3. The Hall–Kier alpha value is -4.18. The van der Waals surface area contributed by atoms with Crippen molar-refractivity contribution in [3.63, 3.8) is 0 Å². The third-order valence-electron chi connectivity index (χ3n) is 9.20. The maximum atomic E-state index is 12.3. The summed E-state index contributed by atoms with van der Waals surface area (Å²) in [6.07, 6.45) is 5.82. The average molecular weight is 582 g/mol. The summed E-state index contributed by atoms with van der Waals surface area (Å²) in [4.78, 5) is 25.6. The molecule has 3 aliphatic rings. The Morgan fingerprint density at radius 3 is 2.28 bits per heavy atom. The van der Waals surface area contributed by atoms with Crippen LogP contribution in [0, 0.1) is 5.41 Å². The van der Waals surface area contributed by atoms with Crippen molar-refractivity contribution in [1.82, 2.24) is 29.5 Å². The van der Waals surface area contributed by atoms with Gasteiger partial charge in [0.05, 0.1) is 11.4 Å². The number of anilines is 1. The summed E-state index contributed by atoms with van der Waals surface area (Å²) >= 11 is 0. The van der Waals surface area contributed by atoms with E-state index in [1.54, 1.807) is 0 Å². The van der Waals surface area contributed by atoms with Crippen LogP contribution in [0.5, 0.6) is 11.5 Å². The van der Waals surface area contributed by atoms with E-state index in [-0.39, 0.29) is 12.1 Å². The second-order valence-corrected chi connectivity index (χ2v) is 13.3. The van der Waals surface area contributed by atoms with Crippen molar-refractivity contribution in [3.05, 3.63) is 60.9 Å². The number of piperidine rings is 1. The number of benzene rings is 2. The molecular formula is C33H39N7O3. The lowest BCUT2D eigenvalue weighted by molar-refractivity contribution is -0.0544. The van der Waals surface area contributed by atoms with E-state index in [0.29, 0.717) is 17.3 Å². The van der Waals surface area contributed by atoms with Gasteiger partial charge in [-0.15, -0.1) is 0 Å². The largest absolute Gasteiger partial charge is 0.457 e. The molecule has 3 fully saturated rings. The first-order valence-corrected chi connectivity index (χ1v) is 15.2. The fourth-order valence-electron chi connectivity index (χ4n) is 6.80. The number of ether oxygens (including phenoxy) is 2. The van der Waals surface area contributed by atoms with Gasteiger partial charge in [-0.25, -0.2) is 19.4 Å². The number of amides is 1. The highest BCUT2D eigenvalue weighted by Crippen LogP contribution is 2.55. The number of nitrogens with zero attached hydrogens (tertiary/aromatic N) is 6. The summed E-state index contributed by atoms with van der Waals surface area (Å²) < 4.78 is 13.6. The lowest BCUT2D eigenvalue weighted by atomic mass is 9.60. The number of carbonyl (C=O) groups is 1. The molecule has 7 rings (SSSR count). The van der Waals surface area contributed by atoms with Crippen molar-refractivity contribution in [2.45, 2.75) is 64.1 Å². The molecule has 1 aliphatic carbocycles. The number of nitrogen functional groups attached to an aromatic ring is 1. The van der Waals surface area contributed by atoms with E-state index in [0.717, 1.165) is 72.8 Å². The number of hydrogen-bond acceptors (Lipinski definition) is 8. The number of nitrogens with two attached hydrogens (primary N) is 1. The Kier molecular flexibility index (Phi) is 6.76. The van der Waals surface area contributed by atoms with Gasteiger partial charge in [-0.3, -0.25) is 4.90 Å². The van der Waals surface area contributed by atoms with Crippen LogP contribution in [0.1, 0.15) is 52.5 Å². The highest BCUT2D eigenvalue weighted by atomic mass is 16.6. The average Bonchev–Trinajstić information content (AvgIpc) is 3.32. The topological polar surface area (TPSA) is 112 Å². The Balaban J connectivity index is 1.00. The highest BCUT2D eigenvalue weighted by Gasteiger charge is 2.49. The normalized spacial score (nSPS) is 19.3. The summed E-state index contributed by atoms with van der Waals surface area (Å²) in [5.74, 6) is 2.00. The second kappa shape index (κ2) is 10.5. The molecule has 4 heterocycles. The van der Waals surface area contributed by atoms with Crippen LogP contribution >= 0.6 is 0 Å². The van der Waals surface area contributed by atoms with E-state index in [2.05, 4.69) is 19.5 Å². The molecule has 1 amide bonds. The molecule has 0 atom stereocenters. The van der Waals surface area contributed by atoms with Gasteiger partial charge in [0.15, 0.2) is 5.65 Å². The van der Waals surface area contributed by atoms with Crippen LogP contribution in [0.4, 0.5) is 10.6 Å². The molecule has 10 nitrogen and oxygen atoms in total. The minimum atomic E-state index is -0.457. The lowest BCUT2D eigenvalue weighted by Crippen LogP contribution is -2.63. The van der Waals surface area contributed by atoms with Gasteiger partial charge in [-0.2, -0.15) is 5.10 Å². The van der Waals surface area contributed by atoms with Gasteiger partial charge >= 0.3 is 6.09 Å². The quantitative estimate of drug-likeness (QED) is 0.310. The van der Waals surface area contributed by atoms with Crippen LogP contribution < -0.4 is 10.5 Å². The third-order valence-corrected chi connectivity index (χ3v) is 9.20. The molecule has 2 aromatic carbocycles. The summed E-state index contributed by atoms with van der Waals surface area (Å²) in [6, 6.07) is 18.4. The lowest BCUT2D eigenvalue weighted by Gasteiger charge is -2.55. The fourth-order valence-corrected chi connectivity index (χ4v) is 6.80. The van der Waals surface area contributed by atoms with Gasteiger partial charge in [0.2, 0.25) is 0 Å². The summed E-state index contributed by atoms with van der Waals surface area (Å²) in [7, 11) is 0. The molecule has 0 unspecified atom stereocenters. The van der Waals surface area contributed by atoms with Crippen molar-refractivity contribution in [2.75, 3.05) is 31.9 Å². The molecule has 0 bridgehead atoms. The molecule has 10 heteroatoms. The van der Waals surface area contributed by atoms with Crippen molar-refractivity contribution < 1.29 is 14.3 Å². The van der Waals surface area contributed by atoms with Crippen molar-refractivity contribution in [2.24, 2.45) is 5.41 Å². The number of carbonyl (C=O) groups excluding carboxylic acids is 1. The number of likely N-dealkylation sites (tertiary alicyclic amines) is 2. The first kappa shape index (κ1) is 27.6. The van der Waals surface area contributed by atoms with Crippen molar-refractivity contribution in [3.8, 4) is 22.8 Å². The Labute approximate surface area is 251 Å². The second-order valence-electron chi connectivity index (χ2n) is 13.3. The first-order valence-electron chi connectivity index (χ1n) is 15.2. The van der Waals surface area contributed by atoms with Crippen LogP contribution in [-0.2, 0) is 4.74 Å². The van der Waals surface area contributed by atoms with Crippen LogP contribution in [0.2, 0.25) is 0 Å². The van der Waals surface area contributed by atoms with E-state index < -0.39 is 5.60 Å². The van der Waals surface area contributed by atoms with Crippen LogP contribution in [0.3, 0.4) is 0 Å². The van der Waals surface area contributed by atoms with Crippen molar-refractivity contribution >= 4 is 22.9 Å². The van der Waals surface area contributed by atoms with Gasteiger partial charge in [-0.05, 0) is 101 Å². The van der Waals surface area contributed by atoms with E-state index in [9.17, 15) is 4.79 Å². The maximum Gasteiger partial charge on any atom is 0.410 e. The smallest absolute Gasteiger partial charge is 0.410 e.